The normalized spacial score (nSPS) is 17.8. The van der Waals surface area contributed by atoms with Gasteiger partial charge in [-0.2, -0.15) is 0 Å². The Hall–Kier alpha value is -1.22. The van der Waals surface area contributed by atoms with E-state index in [0.717, 1.165) is 18.9 Å². The van der Waals surface area contributed by atoms with Crippen LogP contribution >= 0.6 is 11.6 Å². The fourth-order valence-electron chi connectivity index (χ4n) is 2.32. The van der Waals surface area contributed by atoms with Crippen molar-refractivity contribution in [3.05, 3.63) is 33.3 Å². The van der Waals surface area contributed by atoms with Gasteiger partial charge in [0.15, 0.2) is 0 Å². The van der Waals surface area contributed by atoms with E-state index in [1.807, 2.05) is 0 Å². The molecule has 116 valence electrons. The van der Waals surface area contributed by atoms with Gasteiger partial charge in [0.05, 0.1) is 15.4 Å². The van der Waals surface area contributed by atoms with Crippen molar-refractivity contribution >= 4 is 27.3 Å². The topological polar surface area (TPSA) is 110 Å². The van der Waals surface area contributed by atoms with Gasteiger partial charge in [-0.05, 0) is 25.0 Å². The van der Waals surface area contributed by atoms with Crippen molar-refractivity contribution in [3.8, 4) is 0 Å². The minimum absolute atomic E-state index is 0.105. The van der Waals surface area contributed by atoms with Crippen molar-refractivity contribution < 1.29 is 18.4 Å². The third-order valence-electron chi connectivity index (χ3n) is 3.55. The van der Waals surface area contributed by atoms with Crippen LogP contribution in [0.1, 0.15) is 25.7 Å². The molecule has 0 spiro atoms. The number of sulfonamides is 1. The largest absolute Gasteiger partial charge is 0.389 e. The molecule has 0 atom stereocenters. The summed E-state index contributed by atoms with van der Waals surface area (Å²) in [4.78, 5) is 9.79. The third kappa shape index (κ3) is 3.70. The van der Waals surface area contributed by atoms with Gasteiger partial charge in [-0.15, -0.1) is 0 Å². The van der Waals surface area contributed by atoms with Gasteiger partial charge in [-0.25, -0.2) is 13.1 Å². The molecule has 21 heavy (non-hydrogen) atoms. The highest BCUT2D eigenvalue weighted by atomic mass is 35.5. The summed E-state index contributed by atoms with van der Waals surface area (Å²) in [7, 11) is -3.93. The van der Waals surface area contributed by atoms with Crippen LogP contribution in [-0.2, 0) is 10.0 Å². The summed E-state index contributed by atoms with van der Waals surface area (Å²) in [5.74, 6) is 0. The van der Waals surface area contributed by atoms with Gasteiger partial charge in [-0.3, -0.25) is 10.1 Å². The molecule has 0 radical (unpaired) electrons. The highest BCUT2D eigenvalue weighted by molar-refractivity contribution is 7.89. The minimum Gasteiger partial charge on any atom is -0.389 e. The maximum Gasteiger partial charge on any atom is 0.289 e. The maximum absolute atomic E-state index is 12.1. The van der Waals surface area contributed by atoms with E-state index in [1.165, 1.54) is 12.1 Å². The fraction of sp³-hybridized carbons (Fsp3) is 0.500. The molecule has 0 saturated heterocycles. The fourth-order valence-corrected chi connectivity index (χ4v) is 3.65. The van der Waals surface area contributed by atoms with Crippen molar-refractivity contribution in [2.45, 2.75) is 36.2 Å². The zero-order chi connectivity index (χ0) is 15.7. The molecule has 0 bridgehead atoms. The van der Waals surface area contributed by atoms with Crippen molar-refractivity contribution in [1.82, 2.24) is 4.72 Å². The van der Waals surface area contributed by atoms with Gasteiger partial charge in [0.2, 0.25) is 10.0 Å². The Morgan fingerprint density at radius 2 is 2.00 bits per heavy atom. The predicted molar refractivity (Wildman–Crippen MR) is 76.7 cm³/mol. The van der Waals surface area contributed by atoms with Crippen LogP contribution in [0.4, 0.5) is 5.69 Å². The van der Waals surface area contributed by atoms with Gasteiger partial charge < -0.3 is 5.11 Å². The Labute approximate surface area is 127 Å². The molecule has 1 aliphatic carbocycles. The van der Waals surface area contributed by atoms with Gasteiger partial charge >= 0.3 is 0 Å². The first-order valence-electron chi connectivity index (χ1n) is 6.40. The second-order valence-corrected chi connectivity index (χ2v) is 7.30. The first-order chi connectivity index (χ1) is 9.73. The number of nitrogens with zero attached hydrogens (tertiary/aromatic N) is 1. The second-order valence-electron chi connectivity index (χ2n) is 5.13. The average Bonchev–Trinajstić information content (AvgIpc) is 2.84. The Balaban J connectivity index is 2.19. The molecule has 0 heterocycles. The average molecular weight is 335 g/mol. The number of benzene rings is 1. The number of nitrogens with one attached hydrogen (secondary N) is 1. The Morgan fingerprint density at radius 3 is 2.57 bits per heavy atom. The molecule has 1 saturated carbocycles. The van der Waals surface area contributed by atoms with E-state index < -0.39 is 26.2 Å². The molecule has 1 fully saturated rings. The molecule has 1 aliphatic rings. The minimum atomic E-state index is -3.93. The lowest BCUT2D eigenvalue weighted by Crippen LogP contribution is -2.40. The van der Waals surface area contributed by atoms with E-state index in [0.29, 0.717) is 12.8 Å². The lowest BCUT2D eigenvalue weighted by atomic mass is 10.0. The Morgan fingerprint density at radius 1 is 1.38 bits per heavy atom. The Kier molecular flexibility index (Phi) is 4.52. The molecule has 0 unspecified atom stereocenters. The van der Waals surface area contributed by atoms with Gasteiger partial charge in [0.1, 0.15) is 5.02 Å². The van der Waals surface area contributed by atoms with Crippen molar-refractivity contribution in [3.63, 3.8) is 0 Å². The molecule has 0 aromatic heterocycles. The molecule has 9 heteroatoms. The van der Waals surface area contributed by atoms with Crippen molar-refractivity contribution in [2.75, 3.05) is 6.54 Å². The van der Waals surface area contributed by atoms with Crippen LogP contribution in [0.3, 0.4) is 0 Å². The van der Waals surface area contributed by atoms with Gasteiger partial charge in [0.25, 0.3) is 5.69 Å². The van der Waals surface area contributed by atoms with E-state index in [4.69, 9.17) is 11.6 Å². The third-order valence-corrected chi connectivity index (χ3v) is 5.27. The van der Waals surface area contributed by atoms with E-state index in [-0.39, 0.29) is 16.5 Å². The highest BCUT2D eigenvalue weighted by Crippen LogP contribution is 2.30. The maximum atomic E-state index is 12.1. The van der Waals surface area contributed by atoms with Crippen LogP contribution in [0.2, 0.25) is 5.02 Å². The first-order valence-corrected chi connectivity index (χ1v) is 8.26. The molecule has 0 amide bonds. The predicted octanol–water partition coefficient (Wildman–Crippen LogP) is 1.83. The van der Waals surface area contributed by atoms with Gasteiger partial charge in [0, 0.05) is 12.6 Å². The number of hydrogen-bond donors (Lipinski definition) is 2. The lowest BCUT2D eigenvalue weighted by Gasteiger charge is -2.22. The van der Waals surface area contributed by atoms with Crippen molar-refractivity contribution in [1.29, 1.82) is 0 Å². The molecule has 0 aliphatic heterocycles. The zero-order valence-corrected chi connectivity index (χ0v) is 12.7. The first kappa shape index (κ1) is 16.2. The number of hydrogen-bond acceptors (Lipinski definition) is 5. The smallest absolute Gasteiger partial charge is 0.289 e. The summed E-state index contributed by atoms with van der Waals surface area (Å²) >= 11 is 5.65. The molecular weight excluding hydrogens is 320 g/mol. The van der Waals surface area contributed by atoms with Crippen LogP contribution in [0.25, 0.3) is 0 Å². The standard InChI is InChI=1S/C12H15ClN2O5S/c13-10-4-3-9(7-11(10)15(17)18)21(19,20)14-8-12(16)5-1-2-6-12/h3-4,7,14,16H,1-2,5-6,8H2. The van der Waals surface area contributed by atoms with Crippen LogP contribution in [0.15, 0.2) is 23.1 Å². The number of nitro groups is 1. The SMILES string of the molecule is O=[N+]([O-])c1cc(S(=O)(=O)NCC2(O)CCCC2)ccc1Cl. The van der Waals surface area contributed by atoms with E-state index in [2.05, 4.69) is 4.72 Å². The van der Waals surface area contributed by atoms with Gasteiger partial charge in [-0.1, -0.05) is 24.4 Å². The van der Waals surface area contributed by atoms with Crippen LogP contribution in [-0.4, -0.2) is 30.6 Å². The van der Waals surface area contributed by atoms with Crippen LogP contribution in [0.5, 0.6) is 0 Å². The monoisotopic (exact) mass is 334 g/mol. The van der Waals surface area contributed by atoms with E-state index in [9.17, 15) is 23.6 Å². The molecular formula is C12H15ClN2O5S. The Bertz CT molecular complexity index is 656. The van der Waals surface area contributed by atoms with Crippen LogP contribution in [0, 0.1) is 10.1 Å². The van der Waals surface area contributed by atoms with Crippen molar-refractivity contribution in [2.24, 2.45) is 0 Å². The number of aliphatic hydroxyl groups is 1. The molecule has 2 rings (SSSR count). The summed E-state index contributed by atoms with van der Waals surface area (Å²) in [6.07, 6.45) is 2.78. The van der Waals surface area contributed by atoms with E-state index in [1.54, 1.807) is 0 Å². The van der Waals surface area contributed by atoms with E-state index >= 15 is 0 Å². The quantitative estimate of drug-likeness (QED) is 0.630. The number of halogens is 1. The molecule has 1 aromatic carbocycles. The molecule has 2 N–H and O–H groups in total. The summed E-state index contributed by atoms with van der Waals surface area (Å²) < 4.78 is 26.6. The second kappa shape index (κ2) is 5.88. The zero-order valence-electron chi connectivity index (χ0n) is 11.1. The number of nitro benzene ring substituents is 1. The summed E-state index contributed by atoms with van der Waals surface area (Å²) in [5.41, 5.74) is -1.51. The molecule has 7 nitrogen and oxygen atoms in total. The number of rotatable bonds is 5. The lowest BCUT2D eigenvalue weighted by molar-refractivity contribution is -0.384. The summed E-state index contributed by atoms with van der Waals surface area (Å²) in [6, 6.07) is 3.26. The molecule has 1 aromatic rings. The summed E-state index contributed by atoms with van der Waals surface area (Å²) in [6.45, 7) is -0.105. The van der Waals surface area contributed by atoms with Crippen LogP contribution < -0.4 is 4.72 Å². The highest BCUT2D eigenvalue weighted by Gasteiger charge is 2.32. The summed E-state index contributed by atoms with van der Waals surface area (Å²) in [5, 5.41) is 20.8.